The molecule has 1 N–H and O–H groups in total. The van der Waals surface area contributed by atoms with Crippen molar-refractivity contribution in [3.05, 3.63) is 24.0 Å². The zero-order chi connectivity index (χ0) is 12.7. The predicted octanol–water partition coefficient (Wildman–Crippen LogP) is 0.729. The number of nitrogens with zero attached hydrogens (tertiary/aromatic N) is 2. The van der Waals surface area contributed by atoms with Crippen LogP contribution in [0.5, 0.6) is 0 Å². The summed E-state index contributed by atoms with van der Waals surface area (Å²) in [4.78, 5) is 17.1. The summed E-state index contributed by atoms with van der Waals surface area (Å²) >= 11 is 0. The lowest BCUT2D eigenvalue weighted by molar-refractivity contribution is 0.101. The van der Waals surface area contributed by atoms with Gasteiger partial charge in [0.2, 0.25) is 0 Å². The monoisotopic (exact) mass is 238 g/mol. The summed E-state index contributed by atoms with van der Waals surface area (Å²) in [6.45, 7) is 3.33. The maximum atomic E-state index is 11.1. The van der Waals surface area contributed by atoms with Crippen molar-refractivity contribution in [1.82, 2.24) is 4.98 Å². The number of rotatable bonds is 7. The molecule has 0 aliphatic rings. The van der Waals surface area contributed by atoms with Crippen LogP contribution in [0, 0.1) is 0 Å². The van der Waals surface area contributed by atoms with Crippen LogP contribution in [0.4, 0.5) is 5.69 Å². The molecule has 5 heteroatoms. The zero-order valence-corrected chi connectivity index (χ0v) is 10.2. The molecule has 1 heterocycles. The number of ketones is 1. The average Bonchev–Trinajstić information content (AvgIpc) is 2.34. The highest BCUT2D eigenvalue weighted by molar-refractivity contribution is 5.92. The molecule has 0 aliphatic heterocycles. The van der Waals surface area contributed by atoms with Crippen LogP contribution in [0.1, 0.15) is 17.4 Å². The summed E-state index contributed by atoms with van der Waals surface area (Å²) in [5.74, 6) is -0.0536. The second-order valence-corrected chi connectivity index (χ2v) is 3.66. The highest BCUT2D eigenvalue weighted by atomic mass is 16.5. The third-order valence-corrected chi connectivity index (χ3v) is 2.41. The van der Waals surface area contributed by atoms with Crippen LogP contribution < -0.4 is 4.90 Å². The molecule has 0 saturated carbocycles. The first-order valence-electron chi connectivity index (χ1n) is 5.50. The van der Waals surface area contributed by atoms with Crippen molar-refractivity contribution in [2.45, 2.75) is 6.92 Å². The van der Waals surface area contributed by atoms with Gasteiger partial charge >= 0.3 is 0 Å². The summed E-state index contributed by atoms with van der Waals surface area (Å²) in [6, 6.07) is 3.52. The second kappa shape index (κ2) is 6.98. The topological polar surface area (TPSA) is 62.7 Å². The van der Waals surface area contributed by atoms with E-state index in [1.165, 1.54) is 6.92 Å². The van der Waals surface area contributed by atoms with Crippen LogP contribution in [0.25, 0.3) is 0 Å². The Hall–Kier alpha value is -1.46. The average molecular weight is 238 g/mol. The standard InChI is InChI=1S/C12H18N2O3/c1-10(16)12-4-3-11(9-13-12)14(5-7-15)6-8-17-2/h3-4,9,15H,5-8H2,1-2H3. The van der Waals surface area contributed by atoms with Gasteiger partial charge in [0, 0.05) is 27.1 Å². The minimum atomic E-state index is -0.0536. The Bertz CT molecular complexity index is 351. The Kier molecular flexibility index (Phi) is 5.59. The largest absolute Gasteiger partial charge is 0.395 e. The molecule has 0 saturated heterocycles. The maximum Gasteiger partial charge on any atom is 0.178 e. The first-order valence-corrected chi connectivity index (χ1v) is 5.50. The van der Waals surface area contributed by atoms with Crippen molar-refractivity contribution >= 4 is 11.5 Å². The molecule has 1 aromatic heterocycles. The van der Waals surface area contributed by atoms with E-state index in [1.54, 1.807) is 19.4 Å². The Morgan fingerprint density at radius 2 is 2.24 bits per heavy atom. The number of carbonyl (C=O) groups is 1. The van der Waals surface area contributed by atoms with Gasteiger partial charge in [-0.1, -0.05) is 0 Å². The number of hydrogen-bond acceptors (Lipinski definition) is 5. The number of Topliss-reactive ketones (excluding diaryl/α,β-unsaturated/α-hetero) is 1. The smallest absolute Gasteiger partial charge is 0.178 e. The van der Waals surface area contributed by atoms with E-state index < -0.39 is 0 Å². The number of methoxy groups -OCH3 is 1. The number of aliphatic hydroxyl groups is 1. The van der Waals surface area contributed by atoms with Crippen molar-refractivity contribution in [1.29, 1.82) is 0 Å². The SMILES string of the molecule is COCCN(CCO)c1ccc(C(C)=O)nc1. The lowest BCUT2D eigenvalue weighted by atomic mass is 10.2. The first-order chi connectivity index (χ1) is 8.19. The van der Waals surface area contributed by atoms with Crippen molar-refractivity contribution in [2.24, 2.45) is 0 Å². The lowest BCUT2D eigenvalue weighted by Crippen LogP contribution is -2.30. The fourth-order valence-corrected chi connectivity index (χ4v) is 1.47. The van der Waals surface area contributed by atoms with Crippen LogP contribution in [-0.4, -0.2) is 49.3 Å². The second-order valence-electron chi connectivity index (χ2n) is 3.66. The molecule has 0 aliphatic carbocycles. The Balaban J connectivity index is 2.75. The van der Waals surface area contributed by atoms with E-state index in [4.69, 9.17) is 9.84 Å². The van der Waals surface area contributed by atoms with E-state index in [9.17, 15) is 4.79 Å². The van der Waals surface area contributed by atoms with Gasteiger partial charge in [-0.2, -0.15) is 0 Å². The highest BCUT2D eigenvalue weighted by Crippen LogP contribution is 2.12. The van der Waals surface area contributed by atoms with Gasteiger partial charge in [0.1, 0.15) is 5.69 Å². The summed E-state index contributed by atoms with van der Waals surface area (Å²) in [5, 5.41) is 8.98. The van der Waals surface area contributed by atoms with Gasteiger partial charge in [-0.25, -0.2) is 0 Å². The van der Waals surface area contributed by atoms with E-state index in [0.717, 1.165) is 5.69 Å². The van der Waals surface area contributed by atoms with Crippen LogP contribution in [0.3, 0.4) is 0 Å². The van der Waals surface area contributed by atoms with Gasteiger partial charge in [0.25, 0.3) is 0 Å². The molecule has 1 rings (SSSR count). The summed E-state index contributed by atoms with van der Waals surface area (Å²) < 4.78 is 5.00. The summed E-state index contributed by atoms with van der Waals surface area (Å²) in [6.07, 6.45) is 1.64. The van der Waals surface area contributed by atoms with Crippen molar-refractivity contribution in [2.75, 3.05) is 38.3 Å². The van der Waals surface area contributed by atoms with E-state index >= 15 is 0 Å². The molecule has 94 valence electrons. The van der Waals surface area contributed by atoms with Gasteiger partial charge in [0.05, 0.1) is 25.1 Å². The minimum absolute atomic E-state index is 0.0536. The van der Waals surface area contributed by atoms with Crippen molar-refractivity contribution in [3.63, 3.8) is 0 Å². The van der Waals surface area contributed by atoms with Gasteiger partial charge in [-0.3, -0.25) is 9.78 Å². The zero-order valence-electron chi connectivity index (χ0n) is 10.2. The number of ether oxygens (including phenoxy) is 1. The van der Waals surface area contributed by atoms with Gasteiger partial charge in [-0.15, -0.1) is 0 Å². The third kappa shape index (κ3) is 4.13. The number of pyridine rings is 1. The normalized spacial score (nSPS) is 10.3. The van der Waals surface area contributed by atoms with E-state index in [0.29, 0.717) is 25.4 Å². The van der Waals surface area contributed by atoms with E-state index in [2.05, 4.69) is 4.98 Å². The molecule has 1 aromatic rings. The molecule has 0 atom stereocenters. The lowest BCUT2D eigenvalue weighted by Gasteiger charge is -2.23. The van der Waals surface area contributed by atoms with Gasteiger partial charge in [0.15, 0.2) is 5.78 Å². The number of aliphatic hydroxyl groups excluding tert-OH is 1. The number of carbonyl (C=O) groups excluding carboxylic acids is 1. The van der Waals surface area contributed by atoms with Gasteiger partial charge in [-0.05, 0) is 12.1 Å². The van der Waals surface area contributed by atoms with Crippen molar-refractivity contribution in [3.8, 4) is 0 Å². The molecule has 0 fully saturated rings. The molecule has 0 unspecified atom stereocenters. The van der Waals surface area contributed by atoms with E-state index in [1.807, 2.05) is 11.0 Å². The Morgan fingerprint density at radius 3 is 2.71 bits per heavy atom. The van der Waals surface area contributed by atoms with Crippen molar-refractivity contribution < 1.29 is 14.6 Å². The molecule has 0 aromatic carbocycles. The summed E-state index contributed by atoms with van der Waals surface area (Å²) in [5.41, 5.74) is 1.32. The van der Waals surface area contributed by atoms with Crippen LogP contribution in [0.15, 0.2) is 18.3 Å². The fraction of sp³-hybridized carbons (Fsp3) is 0.500. The fourth-order valence-electron chi connectivity index (χ4n) is 1.47. The quantitative estimate of drug-likeness (QED) is 0.709. The molecule has 0 bridgehead atoms. The van der Waals surface area contributed by atoms with Gasteiger partial charge < -0.3 is 14.7 Å². The molecule has 17 heavy (non-hydrogen) atoms. The van der Waals surface area contributed by atoms with Crippen LogP contribution in [0.2, 0.25) is 0 Å². The van der Waals surface area contributed by atoms with E-state index in [-0.39, 0.29) is 12.4 Å². The minimum Gasteiger partial charge on any atom is -0.395 e. The third-order valence-electron chi connectivity index (χ3n) is 2.41. The summed E-state index contributed by atoms with van der Waals surface area (Å²) in [7, 11) is 1.63. The molecular weight excluding hydrogens is 220 g/mol. The Morgan fingerprint density at radius 1 is 1.47 bits per heavy atom. The molecule has 0 amide bonds. The number of hydrogen-bond donors (Lipinski definition) is 1. The number of anilines is 1. The van der Waals surface area contributed by atoms with Crippen LogP contribution >= 0.6 is 0 Å². The molecule has 0 radical (unpaired) electrons. The first kappa shape index (κ1) is 13.6. The maximum absolute atomic E-state index is 11.1. The Labute approximate surface area is 101 Å². The predicted molar refractivity (Wildman–Crippen MR) is 65.4 cm³/mol. The molecule has 0 spiro atoms. The highest BCUT2D eigenvalue weighted by Gasteiger charge is 2.07. The molecule has 5 nitrogen and oxygen atoms in total. The van der Waals surface area contributed by atoms with Crippen LogP contribution in [-0.2, 0) is 4.74 Å². The number of aromatic nitrogens is 1. The molecular formula is C12H18N2O3.